The molecule has 1 saturated carbocycles. The van der Waals surface area contributed by atoms with Crippen molar-refractivity contribution in [1.29, 1.82) is 0 Å². The largest absolute Gasteiger partial charge is 0.365 e. The average Bonchev–Trinajstić information content (AvgIpc) is 2.67. The Labute approximate surface area is 160 Å². The molecule has 3 fully saturated rings. The molecule has 1 aromatic rings. The number of piperidine rings is 1. The van der Waals surface area contributed by atoms with E-state index in [1.165, 1.54) is 19.3 Å². The maximum absolute atomic E-state index is 12.4. The number of carbonyl (C=O) groups excluding carboxylic acids is 2. The Morgan fingerprint density at radius 1 is 1.15 bits per heavy atom. The summed E-state index contributed by atoms with van der Waals surface area (Å²) in [7, 11) is 0. The van der Waals surface area contributed by atoms with Crippen molar-refractivity contribution in [1.82, 2.24) is 20.1 Å². The molecule has 0 bridgehead atoms. The first-order valence-electron chi connectivity index (χ1n) is 10.0. The number of ether oxygens (including phenoxy) is 1. The summed E-state index contributed by atoms with van der Waals surface area (Å²) in [6, 6.07) is 4.45. The van der Waals surface area contributed by atoms with Gasteiger partial charge in [-0.15, -0.1) is 0 Å². The number of rotatable bonds is 5. The van der Waals surface area contributed by atoms with Gasteiger partial charge in [-0.25, -0.2) is 0 Å². The number of likely N-dealkylation sites (tertiary alicyclic amines) is 1. The van der Waals surface area contributed by atoms with Crippen LogP contribution >= 0.6 is 0 Å². The number of hydrogen-bond donors (Lipinski definition) is 1. The van der Waals surface area contributed by atoms with Gasteiger partial charge in [0.05, 0.1) is 6.10 Å². The molecule has 0 spiro atoms. The molecule has 4 rings (SSSR count). The van der Waals surface area contributed by atoms with Gasteiger partial charge in [-0.05, 0) is 37.8 Å². The molecule has 7 nitrogen and oxygen atoms in total. The second kappa shape index (κ2) is 8.35. The maximum atomic E-state index is 12.4. The van der Waals surface area contributed by atoms with Gasteiger partial charge in [-0.3, -0.25) is 14.6 Å². The van der Waals surface area contributed by atoms with Crippen LogP contribution in [0.25, 0.3) is 0 Å². The number of carbonyl (C=O) groups is 2. The summed E-state index contributed by atoms with van der Waals surface area (Å²) in [5.74, 6) is -0.0629. The molecular formula is C20H28N4O3. The smallest absolute Gasteiger partial charge is 0.251 e. The van der Waals surface area contributed by atoms with Crippen LogP contribution in [0, 0.1) is 0 Å². The fourth-order valence-electron chi connectivity index (χ4n) is 4.25. The van der Waals surface area contributed by atoms with Crippen LogP contribution in [0.15, 0.2) is 24.5 Å². The summed E-state index contributed by atoms with van der Waals surface area (Å²) in [6.07, 6.45) is 9.15. The second-order valence-electron chi connectivity index (χ2n) is 7.78. The zero-order chi connectivity index (χ0) is 18.6. The number of hydrogen-bond acceptors (Lipinski definition) is 5. The fourth-order valence-corrected chi connectivity index (χ4v) is 4.25. The lowest BCUT2D eigenvalue weighted by Crippen LogP contribution is -2.57. The monoisotopic (exact) mass is 372 g/mol. The van der Waals surface area contributed by atoms with Crippen LogP contribution in [-0.4, -0.2) is 77.6 Å². The molecule has 27 heavy (non-hydrogen) atoms. The summed E-state index contributed by atoms with van der Waals surface area (Å²) in [4.78, 5) is 33.1. The number of aromatic nitrogens is 1. The molecule has 1 atom stereocenters. The Bertz CT molecular complexity index is 656. The van der Waals surface area contributed by atoms with Crippen LogP contribution in [-0.2, 0) is 9.53 Å². The molecule has 3 heterocycles. The Morgan fingerprint density at radius 2 is 1.89 bits per heavy atom. The highest BCUT2D eigenvalue weighted by Gasteiger charge is 2.35. The summed E-state index contributed by atoms with van der Waals surface area (Å²) in [6.45, 7) is 3.25. The van der Waals surface area contributed by atoms with Crippen LogP contribution < -0.4 is 5.32 Å². The normalized spacial score (nSPS) is 25.3. The molecule has 1 N–H and O–H groups in total. The third kappa shape index (κ3) is 4.30. The zero-order valence-corrected chi connectivity index (χ0v) is 15.7. The van der Waals surface area contributed by atoms with Gasteiger partial charge in [-0.2, -0.15) is 0 Å². The SMILES string of the molecule is O=C(NC[C@H]1CN(C2CCN(C3CCC3)CC2)C(=O)CO1)c1ccncc1. The first kappa shape index (κ1) is 18.4. The quantitative estimate of drug-likeness (QED) is 0.836. The minimum Gasteiger partial charge on any atom is -0.365 e. The third-order valence-electron chi connectivity index (χ3n) is 6.13. The van der Waals surface area contributed by atoms with Crippen LogP contribution in [0.5, 0.6) is 0 Å². The predicted molar refractivity (Wildman–Crippen MR) is 100 cm³/mol. The Morgan fingerprint density at radius 3 is 2.56 bits per heavy atom. The molecule has 7 heteroatoms. The molecule has 3 aliphatic rings. The Hall–Kier alpha value is -1.99. The molecule has 0 aromatic carbocycles. The number of morpholine rings is 1. The van der Waals surface area contributed by atoms with Crippen molar-refractivity contribution in [3.05, 3.63) is 30.1 Å². The van der Waals surface area contributed by atoms with Crippen molar-refractivity contribution in [2.24, 2.45) is 0 Å². The van der Waals surface area contributed by atoms with Gasteiger partial charge in [0.1, 0.15) is 6.61 Å². The van der Waals surface area contributed by atoms with Gasteiger partial charge in [0.15, 0.2) is 0 Å². The van der Waals surface area contributed by atoms with Gasteiger partial charge in [0.25, 0.3) is 5.91 Å². The van der Waals surface area contributed by atoms with E-state index in [1.54, 1.807) is 24.5 Å². The summed E-state index contributed by atoms with van der Waals surface area (Å²) >= 11 is 0. The van der Waals surface area contributed by atoms with Crippen molar-refractivity contribution >= 4 is 11.8 Å². The first-order valence-corrected chi connectivity index (χ1v) is 10.0. The van der Waals surface area contributed by atoms with Crippen LogP contribution in [0.1, 0.15) is 42.5 Å². The summed E-state index contributed by atoms with van der Waals surface area (Å²) in [5.41, 5.74) is 0.581. The number of nitrogens with one attached hydrogen (secondary N) is 1. The first-order chi connectivity index (χ1) is 13.2. The lowest BCUT2D eigenvalue weighted by atomic mass is 9.89. The fraction of sp³-hybridized carbons (Fsp3) is 0.650. The van der Waals surface area contributed by atoms with Gasteiger partial charge in [0, 0.05) is 56.2 Å². The molecule has 1 aromatic heterocycles. The minimum absolute atomic E-state index is 0.0776. The van der Waals surface area contributed by atoms with E-state index in [4.69, 9.17) is 4.74 Å². The van der Waals surface area contributed by atoms with Crippen molar-refractivity contribution in [2.45, 2.75) is 50.3 Å². The van der Waals surface area contributed by atoms with Crippen LogP contribution in [0.2, 0.25) is 0 Å². The molecule has 0 unspecified atom stereocenters. The van der Waals surface area contributed by atoms with E-state index in [0.717, 1.165) is 32.0 Å². The van der Waals surface area contributed by atoms with E-state index in [0.29, 0.717) is 24.7 Å². The van der Waals surface area contributed by atoms with Crippen LogP contribution in [0.4, 0.5) is 0 Å². The lowest BCUT2D eigenvalue weighted by Gasteiger charge is -2.45. The molecule has 146 valence electrons. The molecule has 0 radical (unpaired) electrons. The van der Waals surface area contributed by atoms with E-state index in [1.807, 2.05) is 4.90 Å². The van der Waals surface area contributed by atoms with Gasteiger partial charge >= 0.3 is 0 Å². The van der Waals surface area contributed by atoms with Gasteiger partial charge in [0.2, 0.25) is 5.91 Å². The van der Waals surface area contributed by atoms with Gasteiger partial charge < -0.3 is 19.9 Å². The maximum Gasteiger partial charge on any atom is 0.251 e. The highest BCUT2D eigenvalue weighted by atomic mass is 16.5. The van der Waals surface area contributed by atoms with Crippen LogP contribution in [0.3, 0.4) is 0 Å². The van der Waals surface area contributed by atoms with E-state index < -0.39 is 0 Å². The molecular weight excluding hydrogens is 344 g/mol. The van der Waals surface area contributed by atoms with Crippen molar-refractivity contribution in [3.8, 4) is 0 Å². The zero-order valence-electron chi connectivity index (χ0n) is 15.7. The second-order valence-corrected chi connectivity index (χ2v) is 7.78. The van der Waals surface area contributed by atoms with Crippen molar-refractivity contribution in [2.75, 3.05) is 32.8 Å². The third-order valence-corrected chi connectivity index (χ3v) is 6.13. The van der Waals surface area contributed by atoms with E-state index in [-0.39, 0.29) is 24.5 Å². The standard InChI is InChI=1S/C20H28N4O3/c25-19-14-27-18(12-22-20(26)15-4-8-21-9-5-15)13-24(19)17-6-10-23(11-7-17)16-2-1-3-16/h4-5,8-9,16-18H,1-3,6-7,10-14H2,(H,22,26)/t18-/m0/s1. The van der Waals surface area contributed by atoms with Crippen molar-refractivity contribution in [3.63, 3.8) is 0 Å². The minimum atomic E-state index is -0.154. The van der Waals surface area contributed by atoms with E-state index >= 15 is 0 Å². The van der Waals surface area contributed by atoms with Crippen molar-refractivity contribution < 1.29 is 14.3 Å². The molecule has 1 aliphatic carbocycles. The number of nitrogens with zero attached hydrogens (tertiary/aromatic N) is 3. The molecule has 2 saturated heterocycles. The average molecular weight is 372 g/mol. The highest BCUT2D eigenvalue weighted by Crippen LogP contribution is 2.29. The molecule has 2 amide bonds. The Kier molecular flexibility index (Phi) is 5.69. The van der Waals surface area contributed by atoms with E-state index in [9.17, 15) is 9.59 Å². The summed E-state index contributed by atoms with van der Waals surface area (Å²) < 4.78 is 5.65. The number of amides is 2. The Balaban J connectivity index is 1.27. The predicted octanol–water partition coefficient (Wildman–Crippen LogP) is 1.06. The van der Waals surface area contributed by atoms with Gasteiger partial charge in [-0.1, -0.05) is 6.42 Å². The topological polar surface area (TPSA) is 74.8 Å². The highest BCUT2D eigenvalue weighted by molar-refractivity contribution is 5.94. The lowest BCUT2D eigenvalue weighted by molar-refractivity contribution is -0.153. The summed E-state index contributed by atoms with van der Waals surface area (Å²) in [5, 5.41) is 2.91. The molecule has 2 aliphatic heterocycles. The van der Waals surface area contributed by atoms with E-state index in [2.05, 4.69) is 15.2 Å². The number of pyridine rings is 1.